The molecule has 0 aliphatic rings. The number of hydrogen-bond acceptors (Lipinski definition) is 7. The molecule has 44 heavy (non-hydrogen) atoms. The number of nitrogens with zero attached hydrogens (tertiary/aromatic N) is 3. The average Bonchev–Trinajstić information content (AvgIpc) is 3.50. The second-order valence-electron chi connectivity index (χ2n) is 9.67. The maximum absolute atomic E-state index is 14.0. The van der Waals surface area contributed by atoms with Gasteiger partial charge in [-0.3, -0.25) is 19.2 Å². The van der Waals surface area contributed by atoms with Gasteiger partial charge in [0.25, 0.3) is 21.6 Å². The summed E-state index contributed by atoms with van der Waals surface area (Å²) >= 11 is 6.05. The van der Waals surface area contributed by atoms with Crippen LogP contribution in [-0.4, -0.2) is 25.5 Å². The highest BCUT2D eigenvalue weighted by atomic mass is 35.5. The molecular formula is C32H25ClN4O6S. The van der Waals surface area contributed by atoms with Gasteiger partial charge in [-0.15, -0.1) is 0 Å². The highest BCUT2D eigenvalue weighted by Gasteiger charge is 2.28. The number of carbonyl (C=O) groups excluding carboxylic acids is 1. The van der Waals surface area contributed by atoms with Crippen molar-refractivity contribution in [2.75, 3.05) is 4.31 Å². The van der Waals surface area contributed by atoms with E-state index in [1.807, 2.05) is 6.92 Å². The molecule has 0 aliphatic heterocycles. The topological polar surface area (TPSA) is 135 Å². The summed E-state index contributed by atoms with van der Waals surface area (Å²) in [4.78, 5) is 23.8. The number of nitro benzene ring substituents is 1. The first-order valence-corrected chi connectivity index (χ1v) is 15.0. The van der Waals surface area contributed by atoms with Crippen molar-refractivity contribution in [3.63, 3.8) is 0 Å². The molecule has 0 saturated heterocycles. The molecule has 10 nitrogen and oxygen atoms in total. The van der Waals surface area contributed by atoms with Gasteiger partial charge in [-0.1, -0.05) is 53.6 Å². The van der Waals surface area contributed by atoms with E-state index < -0.39 is 20.9 Å². The minimum Gasteiger partial charge on any atom is -0.455 e. The number of sulfonamides is 1. The molecule has 5 rings (SSSR count). The highest BCUT2D eigenvalue weighted by Crippen LogP contribution is 2.30. The quantitative estimate of drug-likeness (QED) is 0.101. The van der Waals surface area contributed by atoms with Crippen LogP contribution in [0.4, 0.5) is 11.4 Å². The summed E-state index contributed by atoms with van der Waals surface area (Å²) in [5, 5.41) is 15.4. The summed E-state index contributed by atoms with van der Waals surface area (Å²) in [6.45, 7) is 1.81. The van der Waals surface area contributed by atoms with Crippen LogP contribution in [0.5, 0.6) is 0 Å². The zero-order valence-electron chi connectivity index (χ0n) is 23.3. The molecule has 1 N–H and O–H groups in total. The van der Waals surface area contributed by atoms with Gasteiger partial charge >= 0.3 is 0 Å². The van der Waals surface area contributed by atoms with Crippen LogP contribution in [0.15, 0.2) is 124 Å². The lowest BCUT2D eigenvalue weighted by Crippen LogP contribution is -2.33. The number of nitrogens with one attached hydrogen (secondary N) is 1. The molecular weight excluding hydrogens is 604 g/mol. The first kappa shape index (κ1) is 30.2. The molecule has 0 saturated carbocycles. The van der Waals surface area contributed by atoms with Crippen molar-refractivity contribution < 1.29 is 22.6 Å². The Kier molecular flexibility index (Phi) is 8.88. The molecule has 0 radical (unpaired) electrons. The monoisotopic (exact) mass is 628 g/mol. The summed E-state index contributed by atoms with van der Waals surface area (Å²) in [5.41, 5.74) is 4.84. The van der Waals surface area contributed by atoms with E-state index in [1.54, 1.807) is 78.9 Å². The maximum Gasteiger partial charge on any atom is 0.273 e. The van der Waals surface area contributed by atoms with Gasteiger partial charge in [0.15, 0.2) is 0 Å². The lowest BCUT2D eigenvalue weighted by Gasteiger charge is -2.26. The van der Waals surface area contributed by atoms with Crippen LogP contribution in [0.1, 0.15) is 27.2 Å². The fourth-order valence-corrected chi connectivity index (χ4v) is 5.91. The van der Waals surface area contributed by atoms with E-state index in [0.29, 0.717) is 27.7 Å². The number of benzene rings is 4. The molecule has 1 aromatic heterocycles. The maximum atomic E-state index is 14.0. The standard InChI is InChI=1S/C32H25ClN4O6S/c1-22-6-17-28(18-7-22)44(41,42)36(21-23-8-12-25(33)13-9-23)30-5-3-2-4-29(30)32(38)35-34-20-27-16-19-31(43-27)24-10-14-26(15-11-24)37(39)40/h2-20H,21H2,1H3,(H,35,38)/b34-20+. The van der Waals surface area contributed by atoms with Gasteiger partial charge in [0.1, 0.15) is 11.5 Å². The van der Waals surface area contributed by atoms with E-state index in [-0.39, 0.29) is 28.4 Å². The number of rotatable bonds is 10. The average molecular weight is 629 g/mol. The van der Waals surface area contributed by atoms with Crippen molar-refractivity contribution in [2.45, 2.75) is 18.4 Å². The van der Waals surface area contributed by atoms with E-state index >= 15 is 0 Å². The zero-order chi connectivity index (χ0) is 31.3. The third-order valence-electron chi connectivity index (χ3n) is 6.61. The van der Waals surface area contributed by atoms with Gasteiger partial charge in [0, 0.05) is 22.7 Å². The largest absolute Gasteiger partial charge is 0.455 e. The fraction of sp³-hybridized carbons (Fsp3) is 0.0625. The minimum atomic E-state index is -4.10. The van der Waals surface area contributed by atoms with Crippen LogP contribution in [0.2, 0.25) is 5.02 Å². The number of para-hydroxylation sites is 1. The lowest BCUT2D eigenvalue weighted by molar-refractivity contribution is -0.384. The number of hydrazone groups is 1. The van der Waals surface area contributed by atoms with Gasteiger partial charge in [0.2, 0.25) is 0 Å². The number of carbonyl (C=O) groups is 1. The number of nitro groups is 1. The number of aryl methyl sites for hydroxylation is 1. The van der Waals surface area contributed by atoms with E-state index in [0.717, 1.165) is 5.56 Å². The van der Waals surface area contributed by atoms with Crippen LogP contribution in [0, 0.1) is 17.0 Å². The third-order valence-corrected chi connectivity index (χ3v) is 8.64. The van der Waals surface area contributed by atoms with Gasteiger partial charge in [0.05, 0.1) is 33.8 Å². The van der Waals surface area contributed by atoms with Crippen molar-refractivity contribution in [1.29, 1.82) is 0 Å². The molecule has 0 spiro atoms. The lowest BCUT2D eigenvalue weighted by atomic mass is 10.1. The molecule has 0 aliphatic carbocycles. The Morgan fingerprint density at radius 2 is 1.64 bits per heavy atom. The van der Waals surface area contributed by atoms with E-state index in [1.165, 1.54) is 40.9 Å². The molecule has 1 amide bonds. The molecule has 222 valence electrons. The molecule has 0 atom stereocenters. The van der Waals surface area contributed by atoms with Gasteiger partial charge in [-0.2, -0.15) is 5.10 Å². The third kappa shape index (κ3) is 6.86. The summed E-state index contributed by atoms with van der Waals surface area (Å²) < 4.78 is 34.8. The van der Waals surface area contributed by atoms with Gasteiger partial charge < -0.3 is 4.42 Å². The van der Waals surface area contributed by atoms with Crippen LogP contribution < -0.4 is 9.73 Å². The number of hydrogen-bond donors (Lipinski definition) is 1. The molecule has 12 heteroatoms. The van der Waals surface area contributed by atoms with Crippen LogP contribution in [0.3, 0.4) is 0 Å². The Balaban J connectivity index is 1.40. The first-order chi connectivity index (χ1) is 21.1. The van der Waals surface area contributed by atoms with Crippen LogP contribution >= 0.6 is 11.6 Å². The summed E-state index contributed by atoms with van der Waals surface area (Å²) in [6.07, 6.45) is 1.30. The normalized spacial score (nSPS) is 11.4. The molecule has 5 aromatic rings. The number of anilines is 1. The Morgan fingerprint density at radius 3 is 2.32 bits per heavy atom. The van der Waals surface area contributed by atoms with E-state index in [9.17, 15) is 23.3 Å². The smallest absolute Gasteiger partial charge is 0.273 e. The van der Waals surface area contributed by atoms with Crippen molar-refractivity contribution in [2.24, 2.45) is 5.10 Å². The van der Waals surface area contributed by atoms with Crippen molar-refractivity contribution >= 4 is 45.1 Å². The first-order valence-electron chi connectivity index (χ1n) is 13.2. The van der Waals surface area contributed by atoms with Crippen molar-refractivity contribution in [3.8, 4) is 11.3 Å². The fourth-order valence-electron chi connectivity index (χ4n) is 4.32. The zero-order valence-corrected chi connectivity index (χ0v) is 24.8. The van der Waals surface area contributed by atoms with Crippen molar-refractivity contribution in [3.05, 3.63) is 147 Å². The Bertz CT molecular complexity index is 1940. The van der Waals surface area contributed by atoms with Crippen LogP contribution in [-0.2, 0) is 16.6 Å². The second kappa shape index (κ2) is 12.9. The number of halogens is 1. The van der Waals surface area contributed by atoms with E-state index in [2.05, 4.69) is 10.5 Å². The Morgan fingerprint density at radius 1 is 0.955 bits per heavy atom. The van der Waals surface area contributed by atoms with Gasteiger partial charge in [-0.05, 0) is 73.2 Å². The van der Waals surface area contributed by atoms with E-state index in [4.69, 9.17) is 16.0 Å². The summed E-state index contributed by atoms with van der Waals surface area (Å²) in [7, 11) is -4.10. The van der Waals surface area contributed by atoms with Gasteiger partial charge in [-0.25, -0.2) is 13.8 Å². The molecule has 0 unspecified atom stereocenters. The second-order valence-corrected chi connectivity index (χ2v) is 12.0. The molecule has 0 bridgehead atoms. The molecule has 4 aromatic carbocycles. The number of non-ortho nitro benzene ring substituents is 1. The highest BCUT2D eigenvalue weighted by molar-refractivity contribution is 7.92. The number of furan rings is 1. The Labute approximate surface area is 258 Å². The predicted molar refractivity (Wildman–Crippen MR) is 168 cm³/mol. The SMILES string of the molecule is Cc1ccc(S(=O)(=O)N(Cc2ccc(Cl)cc2)c2ccccc2C(=O)N/N=C/c2ccc(-c3ccc([N+](=O)[O-])cc3)o2)cc1. The summed E-state index contributed by atoms with van der Waals surface area (Å²) in [6, 6.07) is 28.8. The molecule has 0 fully saturated rings. The Hall–Kier alpha value is -5.26. The molecule has 1 heterocycles. The van der Waals surface area contributed by atoms with Crippen molar-refractivity contribution in [1.82, 2.24) is 5.43 Å². The van der Waals surface area contributed by atoms with Crippen LogP contribution in [0.25, 0.3) is 11.3 Å². The predicted octanol–water partition coefficient (Wildman–Crippen LogP) is 6.98. The number of amides is 1. The summed E-state index contributed by atoms with van der Waals surface area (Å²) in [5.74, 6) is 0.134. The minimum absolute atomic E-state index is 0.0384.